The Balaban J connectivity index is 2.74. The second kappa shape index (κ2) is 9.56. The predicted molar refractivity (Wildman–Crippen MR) is 87.7 cm³/mol. The number of hydrogen-bond donors (Lipinski definition) is 1. The number of aromatic carboxylic acids is 1. The Hall–Kier alpha value is -1.35. The summed E-state index contributed by atoms with van der Waals surface area (Å²) in [5, 5.41) is 9.10. The molecule has 0 saturated heterocycles. The Morgan fingerprint density at radius 2 is 1.95 bits per heavy atom. The highest BCUT2D eigenvalue weighted by Crippen LogP contribution is 2.15. The highest BCUT2D eigenvalue weighted by atomic mass is 16.4. The Kier molecular flexibility index (Phi) is 8.06. The van der Waals surface area contributed by atoms with Crippen molar-refractivity contribution in [1.82, 2.24) is 4.90 Å². The summed E-state index contributed by atoms with van der Waals surface area (Å²) >= 11 is 0. The van der Waals surface area contributed by atoms with Crippen molar-refractivity contribution in [3.63, 3.8) is 0 Å². The molecule has 1 unspecified atom stereocenters. The summed E-state index contributed by atoms with van der Waals surface area (Å²) in [6.45, 7) is 8.64. The molecule has 0 aliphatic rings. The Labute approximate surface area is 129 Å². The van der Waals surface area contributed by atoms with Crippen LogP contribution in [0, 0.1) is 0 Å². The smallest absolute Gasteiger partial charge is 0.335 e. The Morgan fingerprint density at radius 1 is 1.24 bits per heavy atom. The van der Waals surface area contributed by atoms with Gasteiger partial charge in [-0.15, -0.1) is 0 Å². The lowest BCUT2D eigenvalue weighted by atomic mass is 10.1. The average molecular weight is 291 g/mol. The second-order valence-corrected chi connectivity index (χ2v) is 5.82. The minimum absolute atomic E-state index is 0.379. The fourth-order valence-electron chi connectivity index (χ4n) is 2.54. The van der Waals surface area contributed by atoms with Gasteiger partial charge in [-0.2, -0.15) is 0 Å². The molecule has 0 radical (unpaired) electrons. The molecule has 1 rings (SSSR count). The third-order valence-corrected chi connectivity index (χ3v) is 3.96. The predicted octanol–water partition coefficient (Wildman–Crippen LogP) is 4.57. The van der Waals surface area contributed by atoms with Crippen molar-refractivity contribution in [2.45, 2.75) is 65.5 Å². The van der Waals surface area contributed by atoms with Crippen molar-refractivity contribution in [3.05, 3.63) is 35.4 Å². The molecule has 21 heavy (non-hydrogen) atoms. The van der Waals surface area contributed by atoms with Crippen LogP contribution in [0.5, 0.6) is 0 Å². The highest BCUT2D eigenvalue weighted by molar-refractivity contribution is 5.87. The van der Waals surface area contributed by atoms with Crippen molar-refractivity contribution < 1.29 is 9.90 Å². The Morgan fingerprint density at radius 3 is 2.57 bits per heavy atom. The molecule has 0 saturated carbocycles. The molecule has 118 valence electrons. The van der Waals surface area contributed by atoms with Gasteiger partial charge in [-0.05, 0) is 44.0 Å². The molecule has 1 atom stereocenters. The standard InChI is InChI=1S/C18H29NO2/c1-4-6-9-15(3)19(12-7-5-2)14-16-10-8-11-17(13-16)18(20)21/h8,10-11,13,15H,4-7,9,12,14H2,1-3H3,(H,20,21). The number of unbranched alkanes of at least 4 members (excludes halogenated alkanes) is 2. The van der Waals surface area contributed by atoms with Crippen LogP contribution in [-0.4, -0.2) is 28.6 Å². The summed E-state index contributed by atoms with van der Waals surface area (Å²) in [5.74, 6) is -0.851. The maximum atomic E-state index is 11.1. The first-order valence-corrected chi connectivity index (χ1v) is 8.14. The van der Waals surface area contributed by atoms with E-state index < -0.39 is 5.97 Å². The van der Waals surface area contributed by atoms with Crippen LogP contribution in [0.25, 0.3) is 0 Å². The van der Waals surface area contributed by atoms with E-state index in [1.807, 2.05) is 12.1 Å². The largest absolute Gasteiger partial charge is 0.478 e. The van der Waals surface area contributed by atoms with Crippen LogP contribution in [-0.2, 0) is 6.54 Å². The lowest BCUT2D eigenvalue weighted by Gasteiger charge is -2.29. The first kappa shape index (κ1) is 17.7. The van der Waals surface area contributed by atoms with Crippen LogP contribution in [0.1, 0.15) is 68.8 Å². The third kappa shape index (κ3) is 6.30. The fraction of sp³-hybridized carbons (Fsp3) is 0.611. The maximum absolute atomic E-state index is 11.1. The number of rotatable bonds is 10. The van der Waals surface area contributed by atoms with Crippen molar-refractivity contribution in [2.75, 3.05) is 6.54 Å². The van der Waals surface area contributed by atoms with Crippen LogP contribution in [0.2, 0.25) is 0 Å². The van der Waals surface area contributed by atoms with E-state index in [-0.39, 0.29) is 0 Å². The normalized spacial score (nSPS) is 12.6. The molecular weight excluding hydrogens is 262 g/mol. The topological polar surface area (TPSA) is 40.5 Å². The molecule has 0 bridgehead atoms. The number of carboxylic acids is 1. The summed E-state index contributed by atoms with van der Waals surface area (Å²) in [5.41, 5.74) is 1.47. The fourth-order valence-corrected chi connectivity index (χ4v) is 2.54. The maximum Gasteiger partial charge on any atom is 0.335 e. The first-order valence-electron chi connectivity index (χ1n) is 8.14. The van der Waals surface area contributed by atoms with Gasteiger partial charge in [-0.25, -0.2) is 4.79 Å². The number of nitrogens with zero attached hydrogens (tertiary/aromatic N) is 1. The highest BCUT2D eigenvalue weighted by Gasteiger charge is 2.14. The van der Waals surface area contributed by atoms with Gasteiger partial charge in [0.2, 0.25) is 0 Å². The first-order chi connectivity index (χ1) is 10.1. The molecule has 1 aromatic rings. The van der Waals surface area contributed by atoms with E-state index in [2.05, 4.69) is 25.7 Å². The summed E-state index contributed by atoms with van der Waals surface area (Å²) in [6.07, 6.45) is 6.06. The van der Waals surface area contributed by atoms with Gasteiger partial charge in [0.15, 0.2) is 0 Å². The van der Waals surface area contributed by atoms with Crippen molar-refractivity contribution in [1.29, 1.82) is 0 Å². The minimum Gasteiger partial charge on any atom is -0.478 e. The lowest BCUT2D eigenvalue weighted by Crippen LogP contribution is -2.33. The van der Waals surface area contributed by atoms with Crippen LogP contribution in [0.15, 0.2) is 24.3 Å². The quantitative estimate of drug-likeness (QED) is 0.686. The summed E-state index contributed by atoms with van der Waals surface area (Å²) < 4.78 is 0. The van der Waals surface area contributed by atoms with E-state index in [9.17, 15) is 4.79 Å². The molecule has 0 fully saturated rings. The number of carboxylic acid groups (broad SMARTS) is 1. The molecule has 0 heterocycles. The van der Waals surface area contributed by atoms with Crippen LogP contribution in [0.3, 0.4) is 0 Å². The summed E-state index contributed by atoms with van der Waals surface area (Å²) in [7, 11) is 0. The average Bonchev–Trinajstić information content (AvgIpc) is 2.49. The van der Waals surface area contributed by atoms with Gasteiger partial charge >= 0.3 is 5.97 Å². The third-order valence-electron chi connectivity index (χ3n) is 3.96. The zero-order valence-electron chi connectivity index (χ0n) is 13.6. The molecule has 3 heteroatoms. The van der Waals surface area contributed by atoms with Gasteiger partial charge in [0.1, 0.15) is 0 Å². The summed E-state index contributed by atoms with van der Waals surface area (Å²) in [4.78, 5) is 13.6. The molecule has 0 amide bonds. The van der Waals surface area contributed by atoms with E-state index >= 15 is 0 Å². The van der Waals surface area contributed by atoms with E-state index in [0.717, 1.165) is 18.7 Å². The van der Waals surface area contributed by atoms with Gasteiger partial charge in [-0.1, -0.05) is 45.2 Å². The molecule has 0 spiro atoms. The lowest BCUT2D eigenvalue weighted by molar-refractivity contribution is 0.0696. The molecule has 0 aliphatic carbocycles. The van der Waals surface area contributed by atoms with E-state index in [0.29, 0.717) is 11.6 Å². The number of hydrogen-bond acceptors (Lipinski definition) is 2. The Bertz CT molecular complexity index is 431. The van der Waals surface area contributed by atoms with Gasteiger partial charge in [-0.3, -0.25) is 4.90 Å². The molecule has 1 N–H and O–H groups in total. The van der Waals surface area contributed by atoms with Gasteiger partial charge in [0.05, 0.1) is 5.56 Å². The van der Waals surface area contributed by atoms with Gasteiger partial charge < -0.3 is 5.11 Å². The van der Waals surface area contributed by atoms with Crippen molar-refractivity contribution >= 4 is 5.97 Å². The van der Waals surface area contributed by atoms with Crippen LogP contribution in [0.4, 0.5) is 0 Å². The molecular formula is C18H29NO2. The van der Waals surface area contributed by atoms with Gasteiger partial charge in [0, 0.05) is 12.6 Å². The van der Waals surface area contributed by atoms with Crippen molar-refractivity contribution in [2.24, 2.45) is 0 Å². The second-order valence-electron chi connectivity index (χ2n) is 5.82. The van der Waals surface area contributed by atoms with E-state index in [4.69, 9.17) is 5.11 Å². The van der Waals surface area contributed by atoms with Crippen LogP contribution < -0.4 is 0 Å². The minimum atomic E-state index is -0.851. The molecule has 0 aromatic heterocycles. The van der Waals surface area contributed by atoms with Gasteiger partial charge in [0.25, 0.3) is 0 Å². The molecule has 0 aliphatic heterocycles. The SMILES string of the molecule is CCCCC(C)N(CCCC)Cc1cccc(C(=O)O)c1. The van der Waals surface area contributed by atoms with E-state index in [1.165, 1.54) is 32.1 Å². The summed E-state index contributed by atoms with van der Waals surface area (Å²) in [6, 6.07) is 7.87. The number of carbonyl (C=O) groups is 1. The van der Waals surface area contributed by atoms with Crippen molar-refractivity contribution in [3.8, 4) is 0 Å². The molecule has 1 aromatic carbocycles. The van der Waals surface area contributed by atoms with E-state index in [1.54, 1.807) is 12.1 Å². The number of benzene rings is 1. The monoisotopic (exact) mass is 291 g/mol. The zero-order chi connectivity index (χ0) is 15.7. The van der Waals surface area contributed by atoms with Crippen LogP contribution >= 0.6 is 0 Å². The molecule has 3 nitrogen and oxygen atoms in total. The zero-order valence-corrected chi connectivity index (χ0v) is 13.6.